The van der Waals surface area contributed by atoms with Gasteiger partial charge >= 0.3 is 0 Å². The molecule has 3 aromatic carbocycles. The molecule has 33 heavy (non-hydrogen) atoms. The van der Waals surface area contributed by atoms with E-state index in [1.807, 2.05) is 6.07 Å². The summed E-state index contributed by atoms with van der Waals surface area (Å²) in [6.45, 7) is 2.96. The number of rotatable bonds is 6. The van der Waals surface area contributed by atoms with Crippen molar-refractivity contribution in [3.63, 3.8) is 0 Å². The molecule has 0 aromatic heterocycles. The van der Waals surface area contributed by atoms with Crippen molar-refractivity contribution in [2.24, 2.45) is 11.1 Å². The Hall–Kier alpha value is -3.47. The molecule has 1 heterocycles. The third-order valence-corrected chi connectivity index (χ3v) is 6.74. The summed E-state index contributed by atoms with van der Waals surface area (Å²) in [7, 11) is 0. The van der Waals surface area contributed by atoms with Crippen molar-refractivity contribution in [2.75, 3.05) is 13.1 Å². The molecule has 2 N–H and O–H groups in total. The van der Waals surface area contributed by atoms with Crippen LogP contribution in [0.4, 0.5) is 4.39 Å². The Balaban J connectivity index is 1.42. The number of halogens is 1. The average Bonchev–Trinajstić information content (AvgIpc) is 2.81. The molecule has 0 unspecified atom stereocenters. The molecule has 0 aliphatic carbocycles. The highest BCUT2D eigenvalue weighted by atomic mass is 19.1. The number of amides is 2. The monoisotopic (exact) mass is 444 g/mol. The van der Waals surface area contributed by atoms with E-state index in [4.69, 9.17) is 5.73 Å². The molecule has 5 heteroatoms. The number of primary amides is 1. The molecule has 0 saturated carbocycles. The van der Waals surface area contributed by atoms with E-state index in [9.17, 15) is 14.0 Å². The first-order valence-electron chi connectivity index (χ1n) is 11.3. The molecular formula is C28H29FN2O2. The minimum Gasteiger partial charge on any atom is -0.369 e. The second-order valence-corrected chi connectivity index (χ2v) is 9.04. The first kappa shape index (κ1) is 22.7. The van der Waals surface area contributed by atoms with Gasteiger partial charge < -0.3 is 10.6 Å². The van der Waals surface area contributed by atoms with Crippen LogP contribution in [0.5, 0.6) is 0 Å². The van der Waals surface area contributed by atoms with Crippen LogP contribution in [-0.4, -0.2) is 29.8 Å². The molecule has 3 aromatic rings. The molecule has 1 aliphatic heterocycles. The quantitative estimate of drug-likeness (QED) is 0.600. The van der Waals surface area contributed by atoms with Crippen LogP contribution in [0.15, 0.2) is 72.8 Å². The first-order chi connectivity index (χ1) is 15.9. The fraction of sp³-hybridized carbons (Fsp3) is 0.286. The van der Waals surface area contributed by atoms with Crippen molar-refractivity contribution in [1.82, 2.24) is 4.90 Å². The number of likely N-dealkylation sites (tertiary alicyclic amines) is 1. The van der Waals surface area contributed by atoms with E-state index in [0.29, 0.717) is 37.9 Å². The Kier molecular flexibility index (Phi) is 6.59. The zero-order chi connectivity index (χ0) is 23.4. The summed E-state index contributed by atoms with van der Waals surface area (Å²) >= 11 is 0. The van der Waals surface area contributed by atoms with Crippen LogP contribution in [0.2, 0.25) is 0 Å². The van der Waals surface area contributed by atoms with E-state index in [1.165, 1.54) is 11.6 Å². The first-order valence-corrected chi connectivity index (χ1v) is 11.3. The van der Waals surface area contributed by atoms with Gasteiger partial charge in [0, 0.05) is 13.1 Å². The van der Waals surface area contributed by atoms with E-state index in [-0.39, 0.29) is 24.1 Å². The van der Waals surface area contributed by atoms with Crippen molar-refractivity contribution < 1.29 is 14.0 Å². The van der Waals surface area contributed by atoms with Crippen LogP contribution in [0.1, 0.15) is 29.5 Å². The summed E-state index contributed by atoms with van der Waals surface area (Å²) < 4.78 is 13.9. The lowest BCUT2D eigenvalue weighted by Crippen LogP contribution is -2.50. The highest BCUT2D eigenvalue weighted by Gasteiger charge is 2.40. The van der Waals surface area contributed by atoms with Crippen LogP contribution in [0, 0.1) is 18.2 Å². The van der Waals surface area contributed by atoms with E-state index in [0.717, 1.165) is 16.7 Å². The fourth-order valence-electron chi connectivity index (χ4n) is 4.64. The molecule has 0 bridgehead atoms. The Bertz CT molecular complexity index is 1150. The molecule has 1 aliphatic rings. The Labute approximate surface area is 194 Å². The molecule has 2 amide bonds. The zero-order valence-electron chi connectivity index (χ0n) is 18.9. The maximum atomic E-state index is 13.9. The van der Waals surface area contributed by atoms with Crippen molar-refractivity contribution in [3.05, 3.63) is 95.3 Å². The summed E-state index contributed by atoms with van der Waals surface area (Å²) in [5.74, 6) is -0.824. The molecule has 0 atom stereocenters. The second-order valence-electron chi connectivity index (χ2n) is 9.04. The van der Waals surface area contributed by atoms with Gasteiger partial charge in [-0.3, -0.25) is 9.59 Å². The molecule has 0 spiro atoms. The topological polar surface area (TPSA) is 63.4 Å². The van der Waals surface area contributed by atoms with E-state index >= 15 is 0 Å². The van der Waals surface area contributed by atoms with Gasteiger partial charge in [-0.2, -0.15) is 0 Å². The third kappa shape index (κ3) is 5.14. The predicted octanol–water partition coefficient (Wildman–Crippen LogP) is 4.68. The van der Waals surface area contributed by atoms with Gasteiger partial charge in [0.25, 0.3) is 0 Å². The molecule has 1 fully saturated rings. The number of hydrogen-bond donors (Lipinski definition) is 1. The van der Waals surface area contributed by atoms with Gasteiger partial charge in [-0.15, -0.1) is 0 Å². The largest absolute Gasteiger partial charge is 0.369 e. The lowest BCUT2D eigenvalue weighted by molar-refractivity contribution is -0.138. The number of carbonyl (C=O) groups is 2. The minimum atomic E-state index is -0.681. The summed E-state index contributed by atoms with van der Waals surface area (Å²) in [6, 6.07) is 22.9. The lowest BCUT2D eigenvalue weighted by atomic mass is 9.73. The Morgan fingerprint density at radius 2 is 1.64 bits per heavy atom. The normalized spacial score (nSPS) is 15.3. The zero-order valence-corrected chi connectivity index (χ0v) is 18.9. The van der Waals surface area contributed by atoms with Crippen molar-refractivity contribution >= 4 is 11.8 Å². The Morgan fingerprint density at radius 1 is 0.939 bits per heavy atom. The van der Waals surface area contributed by atoms with Crippen LogP contribution in [0.25, 0.3) is 11.1 Å². The summed E-state index contributed by atoms with van der Waals surface area (Å²) in [4.78, 5) is 26.9. The minimum absolute atomic E-state index is 0.0245. The molecule has 1 saturated heterocycles. The highest BCUT2D eigenvalue weighted by molar-refractivity contribution is 5.83. The van der Waals surface area contributed by atoms with Crippen LogP contribution < -0.4 is 5.73 Å². The van der Waals surface area contributed by atoms with Gasteiger partial charge in [0.2, 0.25) is 11.8 Å². The number of carbonyl (C=O) groups excluding carboxylic acids is 2. The number of nitrogens with zero attached hydrogens (tertiary/aromatic N) is 1. The van der Waals surface area contributed by atoms with Crippen molar-refractivity contribution in [1.29, 1.82) is 0 Å². The number of hydrogen-bond acceptors (Lipinski definition) is 2. The maximum Gasteiger partial charge on any atom is 0.227 e. The predicted molar refractivity (Wildman–Crippen MR) is 128 cm³/mol. The number of benzene rings is 3. The summed E-state index contributed by atoms with van der Waals surface area (Å²) in [5, 5.41) is 0. The molecule has 170 valence electrons. The molecule has 0 radical (unpaired) electrons. The van der Waals surface area contributed by atoms with Crippen LogP contribution >= 0.6 is 0 Å². The smallest absolute Gasteiger partial charge is 0.227 e. The standard InChI is InChI=1S/C28H29FN2O2/c1-20-5-4-7-23(17-20)22-11-9-21(10-12-22)19-28(27(30)33)13-15-31(16-14-28)26(32)18-24-6-2-3-8-25(24)29/h2-12,17H,13-16,18-19H2,1H3,(H2,30,33). The van der Waals surface area contributed by atoms with Gasteiger partial charge in [0.15, 0.2) is 0 Å². The Morgan fingerprint density at radius 3 is 2.27 bits per heavy atom. The van der Waals surface area contributed by atoms with Crippen molar-refractivity contribution in [3.8, 4) is 11.1 Å². The van der Waals surface area contributed by atoms with E-state index in [1.54, 1.807) is 23.1 Å². The number of nitrogens with two attached hydrogens (primary N) is 1. The van der Waals surface area contributed by atoms with Gasteiger partial charge in [0.05, 0.1) is 11.8 Å². The fourth-order valence-corrected chi connectivity index (χ4v) is 4.64. The maximum absolute atomic E-state index is 13.9. The van der Waals surface area contributed by atoms with Crippen molar-refractivity contribution in [2.45, 2.75) is 32.6 Å². The third-order valence-electron chi connectivity index (χ3n) is 6.74. The second kappa shape index (κ2) is 9.57. The van der Waals surface area contributed by atoms with Gasteiger partial charge in [0.1, 0.15) is 5.82 Å². The molecule has 4 nitrogen and oxygen atoms in total. The number of piperidine rings is 1. The van der Waals surface area contributed by atoms with Gasteiger partial charge in [-0.25, -0.2) is 4.39 Å². The summed E-state index contributed by atoms with van der Waals surface area (Å²) in [5.41, 5.74) is 10.1. The van der Waals surface area contributed by atoms with Crippen LogP contribution in [-0.2, 0) is 22.4 Å². The summed E-state index contributed by atoms with van der Waals surface area (Å²) in [6.07, 6.45) is 1.58. The lowest BCUT2D eigenvalue weighted by Gasteiger charge is -2.40. The van der Waals surface area contributed by atoms with E-state index < -0.39 is 5.41 Å². The molecule has 4 rings (SSSR count). The van der Waals surface area contributed by atoms with E-state index in [2.05, 4.69) is 49.4 Å². The number of aryl methyl sites for hydroxylation is 1. The van der Waals surface area contributed by atoms with Gasteiger partial charge in [-0.1, -0.05) is 72.3 Å². The highest BCUT2D eigenvalue weighted by Crippen LogP contribution is 2.36. The van der Waals surface area contributed by atoms with Crippen LogP contribution in [0.3, 0.4) is 0 Å². The van der Waals surface area contributed by atoms with Gasteiger partial charge in [-0.05, 0) is 54.5 Å². The molecular weight excluding hydrogens is 415 g/mol. The average molecular weight is 445 g/mol. The SMILES string of the molecule is Cc1cccc(-c2ccc(CC3(C(N)=O)CCN(C(=O)Cc4ccccc4F)CC3)cc2)c1.